The van der Waals surface area contributed by atoms with E-state index in [0.29, 0.717) is 5.56 Å². The number of rotatable bonds is 1. The molecule has 0 spiro atoms. The van der Waals surface area contributed by atoms with Crippen LogP contribution in [0, 0.1) is 32.1 Å². The number of hydrogen-bond acceptors (Lipinski definition) is 3. The SMILES string of the molecule is Cc1ccc(-c2coc(N)c2C#N)c(C)c1C. The monoisotopic (exact) mass is 226 g/mol. The lowest BCUT2D eigenvalue weighted by atomic mass is 9.94. The van der Waals surface area contributed by atoms with Gasteiger partial charge in [0.25, 0.3) is 0 Å². The molecule has 1 heterocycles. The highest BCUT2D eigenvalue weighted by atomic mass is 16.3. The summed E-state index contributed by atoms with van der Waals surface area (Å²) in [5.74, 6) is 0.181. The van der Waals surface area contributed by atoms with Crippen LogP contribution in [0.5, 0.6) is 0 Å². The molecule has 0 aliphatic heterocycles. The first-order chi connectivity index (χ1) is 8.06. The van der Waals surface area contributed by atoms with Crippen LogP contribution in [-0.2, 0) is 0 Å². The summed E-state index contributed by atoms with van der Waals surface area (Å²) < 4.78 is 5.12. The Morgan fingerprint density at radius 3 is 2.47 bits per heavy atom. The molecule has 0 atom stereocenters. The van der Waals surface area contributed by atoms with Gasteiger partial charge in [0, 0.05) is 5.56 Å². The van der Waals surface area contributed by atoms with Crippen molar-refractivity contribution in [3.63, 3.8) is 0 Å². The molecule has 2 N–H and O–H groups in total. The molecule has 3 nitrogen and oxygen atoms in total. The molecule has 0 amide bonds. The van der Waals surface area contributed by atoms with Crippen LogP contribution in [0.25, 0.3) is 11.1 Å². The molecule has 0 saturated heterocycles. The smallest absolute Gasteiger partial charge is 0.208 e. The maximum absolute atomic E-state index is 9.07. The topological polar surface area (TPSA) is 62.9 Å². The molecule has 0 bridgehead atoms. The van der Waals surface area contributed by atoms with Crippen LogP contribution in [0.1, 0.15) is 22.3 Å². The summed E-state index contributed by atoms with van der Waals surface area (Å²) in [7, 11) is 0. The molecule has 0 aliphatic rings. The van der Waals surface area contributed by atoms with E-state index in [-0.39, 0.29) is 5.88 Å². The summed E-state index contributed by atoms with van der Waals surface area (Å²) in [4.78, 5) is 0. The zero-order valence-electron chi connectivity index (χ0n) is 10.2. The normalized spacial score (nSPS) is 10.2. The lowest BCUT2D eigenvalue weighted by Gasteiger charge is -2.09. The number of benzene rings is 1. The Bertz CT molecular complexity index is 618. The van der Waals surface area contributed by atoms with Gasteiger partial charge in [-0.2, -0.15) is 5.26 Å². The summed E-state index contributed by atoms with van der Waals surface area (Å²) >= 11 is 0. The summed E-state index contributed by atoms with van der Waals surface area (Å²) in [5.41, 5.74) is 11.4. The van der Waals surface area contributed by atoms with Crippen LogP contribution >= 0.6 is 0 Å². The van der Waals surface area contributed by atoms with Crippen molar-refractivity contribution in [2.24, 2.45) is 0 Å². The van der Waals surface area contributed by atoms with E-state index in [1.807, 2.05) is 19.1 Å². The van der Waals surface area contributed by atoms with Gasteiger partial charge in [0.15, 0.2) is 0 Å². The number of hydrogen-bond donors (Lipinski definition) is 1. The van der Waals surface area contributed by atoms with Gasteiger partial charge >= 0.3 is 0 Å². The minimum absolute atomic E-state index is 0.181. The van der Waals surface area contributed by atoms with Gasteiger partial charge in [-0.25, -0.2) is 0 Å². The van der Waals surface area contributed by atoms with E-state index in [9.17, 15) is 0 Å². The maximum atomic E-state index is 9.07. The Morgan fingerprint density at radius 2 is 1.82 bits per heavy atom. The van der Waals surface area contributed by atoms with Crippen molar-refractivity contribution in [1.82, 2.24) is 0 Å². The van der Waals surface area contributed by atoms with Crippen molar-refractivity contribution in [3.05, 3.63) is 40.6 Å². The van der Waals surface area contributed by atoms with Crippen molar-refractivity contribution in [2.75, 3.05) is 5.73 Å². The van der Waals surface area contributed by atoms with E-state index in [1.165, 1.54) is 11.1 Å². The summed E-state index contributed by atoms with van der Waals surface area (Å²) in [6, 6.07) is 6.13. The molecule has 1 aromatic carbocycles. The Labute approximate surface area is 100 Å². The van der Waals surface area contributed by atoms with Crippen LogP contribution in [-0.4, -0.2) is 0 Å². The first-order valence-electron chi connectivity index (χ1n) is 5.40. The second kappa shape index (κ2) is 3.99. The van der Waals surface area contributed by atoms with Crippen LogP contribution in [0.15, 0.2) is 22.8 Å². The van der Waals surface area contributed by atoms with Crippen molar-refractivity contribution in [1.29, 1.82) is 5.26 Å². The van der Waals surface area contributed by atoms with Gasteiger partial charge < -0.3 is 10.2 Å². The molecule has 0 radical (unpaired) electrons. The fourth-order valence-corrected chi connectivity index (χ4v) is 1.93. The largest absolute Gasteiger partial charge is 0.447 e. The lowest BCUT2D eigenvalue weighted by Crippen LogP contribution is -1.92. The third-order valence-corrected chi connectivity index (χ3v) is 3.28. The van der Waals surface area contributed by atoms with Gasteiger partial charge in [0.05, 0.1) is 0 Å². The molecule has 0 unspecified atom stereocenters. The molecule has 0 saturated carbocycles. The lowest BCUT2D eigenvalue weighted by molar-refractivity contribution is 0.588. The van der Waals surface area contributed by atoms with E-state index in [2.05, 4.69) is 19.9 Å². The van der Waals surface area contributed by atoms with Gasteiger partial charge in [-0.3, -0.25) is 0 Å². The van der Waals surface area contributed by atoms with E-state index >= 15 is 0 Å². The number of nitrogens with zero attached hydrogens (tertiary/aromatic N) is 1. The first kappa shape index (κ1) is 11.3. The number of nitrogen functional groups attached to an aromatic ring is 1. The molecule has 2 rings (SSSR count). The predicted molar refractivity (Wildman–Crippen MR) is 67.5 cm³/mol. The quantitative estimate of drug-likeness (QED) is 0.811. The number of anilines is 1. The fourth-order valence-electron chi connectivity index (χ4n) is 1.93. The minimum Gasteiger partial charge on any atom is -0.447 e. The maximum Gasteiger partial charge on any atom is 0.208 e. The van der Waals surface area contributed by atoms with Crippen molar-refractivity contribution in [3.8, 4) is 17.2 Å². The number of aryl methyl sites for hydroxylation is 1. The van der Waals surface area contributed by atoms with Crippen molar-refractivity contribution < 1.29 is 4.42 Å². The summed E-state index contributed by atoms with van der Waals surface area (Å²) in [6.45, 7) is 6.19. The second-order valence-corrected chi connectivity index (χ2v) is 4.18. The predicted octanol–water partition coefficient (Wildman–Crippen LogP) is 3.33. The summed E-state index contributed by atoms with van der Waals surface area (Å²) in [6.07, 6.45) is 1.55. The third kappa shape index (κ3) is 1.68. The molecule has 3 heteroatoms. The van der Waals surface area contributed by atoms with Crippen molar-refractivity contribution >= 4 is 5.88 Å². The van der Waals surface area contributed by atoms with Gasteiger partial charge in [0.2, 0.25) is 5.88 Å². The van der Waals surface area contributed by atoms with Gasteiger partial charge in [0.1, 0.15) is 17.9 Å². The van der Waals surface area contributed by atoms with Gasteiger partial charge in [-0.1, -0.05) is 12.1 Å². The van der Waals surface area contributed by atoms with Gasteiger partial charge in [-0.15, -0.1) is 0 Å². The van der Waals surface area contributed by atoms with Crippen LogP contribution in [0.3, 0.4) is 0 Å². The highest BCUT2D eigenvalue weighted by Gasteiger charge is 2.15. The van der Waals surface area contributed by atoms with Crippen molar-refractivity contribution in [2.45, 2.75) is 20.8 Å². The summed E-state index contributed by atoms with van der Waals surface area (Å²) in [5, 5.41) is 9.07. The highest BCUT2D eigenvalue weighted by Crippen LogP contribution is 2.33. The Morgan fingerprint density at radius 1 is 1.12 bits per heavy atom. The Kier molecular flexibility index (Phi) is 2.64. The highest BCUT2D eigenvalue weighted by molar-refractivity contribution is 5.77. The second-order valence-electron chi connectivity index (χ2n) is 4.18. The average molecular weight is 226 g/mol. The number of nitrogens with two attached hydrogens (primary N) is 1. The van der Waals surface area contributed by atoms with Crippen LogP contribution in [0.4, 0.5) is 5.88 Å². The zero-order valence-corrected chi connectivity index (χ0v) is 10.2. The molecule has 1 aromatic heterocycles. The van der Waals surface area contributed by atoms with E-state index in [1.54, 1.807) is 6.26 Å². The van der Waals surface area contributed by atoms with Crippen LogP contribution < -0.4 is 5.73 Å². The fraction of sp³-hybridized carbons (Fsp3) is 0.214. The third-order valence-electron chi connectivity index (χ3n) is 3.28. The minimum atomic E-state index is 0.181. The van der Waals surface area contributed by atoms with E-state index in [4.69, 9.17) is 15.4 Å². The van der Waals surface area contributed by atoms with E-state index in [0.717, 1.165) is 16.7 Å². The van der Waals surface area contributed by atoms with E-state index < -0.39 is 0 Å². The number of furan rings is 1. The van der Waals surface area contributed by atoms with Crippen LogP contribution in [0.2, 0.25) is 0 Å². The molecule has 0 aliphatic carbocycles. The number of nitriles is 1. The molecule has 17 heavy (non-hydrogen) atoms. The molecule has 0 fully saturated rings. The first-order valence-corrected chi connectivity index (χ1v) is 5.40. The Balaban J connectivity index is 2.70. The molecular weight excluding hydrogens is 212 g/mol. The molecule has 86 valence electrons. The zero-order chi connectivity index (χ0) is 12.6. The standard InChI is InChI=1S/C14H14N2O/c1-8-4-5-11(10(3)9(8)2)13-7-17-14(16)12(13)6-15/h4-5,7H,16H2,1-3H3. The average Bonchev–Trinajstić information content (AvgIpc) is 2.67. The molecular formula is C14H14N2O. The molecule has 2 aromatic rings. The Hall–Kier alpha value is -2.21. The van der Waals surface area contributed by atoms with Gasteiger partial charge in [-0.05, 0) is 43.0 Å².